The molecule has 6 heteroatoms. The Balaban J connectivity index is 2.18. The number of halogens is 1. The molecule has 1 unspecified atom stereocenters. The molecule has 5 nitrogen and oxygen atoms in total. The number of ether oxygens (including phenoxy) is 1. The number of rotatable bonds is 6. The summed E-state index contributed by atoms with van der Waals surface area (Å²) in [5, 5.41) is 0. The summed E-state index contributed by atoms with van der Waals surface area (Å²) in [5.74, 6) is 1.84. The summed E-state index contributed by atoms with van der Waals surface area (Å²) in [6.07, 6.45) is 3.76. The maximum atomic E-state index is 5.98. The lowest BCUT2D eigenvalue weighted by molar-refractivity contribution is 0.233. The van der Waals surface area contributed by atoms with Crippen molar-refractivity contribution in [1.82, 2.24) is 14.5 Å². The van der Waals surface area contributed by atoms with E-state index in [-0.39, 0.29) is 6.04 Å². The van der Waals surface area contributed by atoms with E-state index in [2.05, 4.69) is 45.0 Å². The molecule has 0 fully saturated rings. The second kappa shape index (κ2) is 7.06. The molecule has 1 aromatic heterocycles. The lowest BCUT2D eigenvalue weighted by atomic mass is 10.1. The molecule has 0 amide bonds. The van der Waals surface area contributed by atoms with Gasteiger partial charge < -0.3 is 15.0 Å². The van der Waals surface area contributed by atoms with Gasteiger partial charge in [-0.15, -0.1) is 0 Å². The van der Waals surface area contributed by atoms with E-state index in [1.54, 1.807) is 7.11 Å². The first-order valence-electron chi connectivity index (χ1n) is 6.76. The molecule has 0 saturated carbocycles. The SMILES string of the molecule is COc1ccc(C(CN)N(C)Cc2nccn2C)cc1Br. The number of nitrogens with two attached hydrogens (primary N) is 1. The molecule has 1 heterocycles. The Morgan fingerprint density at radius 1 is 1.48 bits per heavy atom. The molecule has 1 atom stereocenters. The number of hydrogen-bond donors (Lipinski definition) is 1. The van der Waals surface area contributed by atoms with Crippen LogP contribution in [0.4, 0.5) is 0 Å². The van der Waals surface area contributed by atoms with Gasteiger partial charge in [-0.3, -0.25) is 4.90 Å². The van der Waals surface area contributed by atoms with Crippen LogP contribution < -0.4 is 10.5 Å². The molecule has 0 spiro atoms. The topological polar surface area (TPSA) is 56.3 Å². The number of likely N-dealkylation sites (N-methyl/N-ethyl adjacent to an activating group) is 1. The fraction of sp³-hybridized carbons (Fsp3) is 0.400. The van der Waals surface area contributed by atoms with Gasteiger partial charge in [0.1, 0.15) is 11.6 Å². The Morgan fingerprint density at radius 3 is 2.76 bits per heavy atom. The summed E-state index contributed by atoms with van der Waals surface area (Å²) in [4.78, 5) is 6.57. The minimum atomic E-state index is 0.129. The van der Waals surface area contributed by atoms with Crippen molar-refractivity contribution in [2.24, 2.45) is 12.8 Å². The average Bonchev–Trinajstić information content (AvgIpc) is 2.85. The number of methoxy groups -OCH3 is 1. The highest BCUT2D eigenvalue weighted by Gasteiger charge is 2.18. The Morgan fingerprint density at radius 2 is 2.24 bits per heavy atom. The summed E-state index contributed by atoms with van der Waals surface area (Å²) in [6.45, 7) is 1.29. The molecule has 0 aliphatic carbocycles. The van der Waals surface area contributed by atoms with Crippen molar-refractivity contribution in [2.45, 2.75) is 12.6 Å². The molecule has 0 saturated heterocycles. The predicted molar refractivity (Wildman–Crippen MR) is 87.2 cm³/mol. The Bertz CT molecular complexity index is 599. The van der Waals surface area contributed by atoms with E-state index in [9.17, 15) is 0 Å². The monoisotopic (exact) mass is 352 g/mol. The minimum absolute atomic E-state index is 0.129. The summed E-state index contributed by atoms with van der Waals surface area (Å²) in [7, 11) is 5.72. The van der Waals surface area contributed by atoms with E-state index < -0.39 is 0 Å². The van der Waals surface area contributed by atoms with Gasteiger partial charge in [0.05, 0.1) is 18.1 Å². The molecule has 2 rings (SSSR count). The molecule has 1 aromatic carbocycles. The highest BCUT2D eigenvalue weighted by molar-refractivity contribution is 9.10. The molecule has 0 radical (unpaired) electrons. The van der Waals surface area contributed by atoms with Crippen LogP contribution in [0.15, 0.2) is 35.1 Å². The van der Waals surface area contributed by atoms with Gasteiger partial charge in [0.25, 0.3) is 0 Å². The molecular formula is C15H21BrN4O. The van der Waals surface area contributed by atoms with E-state index in [0.29, 0.717) is 6.54 Å². The van der Waals surface area contributed by atoms with Gasteiger partial charge in [0, 0.05) is 32.0 Å². The van der Waals surface area contributed by atoms with E-state index >= 15 is 0 Å². The zero-order valence-corrected chi connectivity index (χ0v) is 14.2. The molecule has 0 aliphatic heterocycles. The van der Waals surface area contributed by atoms with Gasteiger partial charge in [-0.25, -0.2) is 4.98 Å². The van der Waals surface area contributed by atoms with Gasteiger partial charge in [-0.05, 0) is 40.7 Å². The summed E-state index contributed by atoms with van der Waals surface area (Å²) < 4.78 is 8.23. The average molecular weight is 353 g/mol. The van der Waals surface area contributed by atoms with Crippen molar-refractivity contribution in [3.63, 3.8) is 0 Å². The second-order valence-electron chi connectivity index (χ2n) is 5.01. The lowest BCUT2D eigenvalue weighted by Gasteiger charge is -2.27. The van der Waals surface area contributed by atoms with Crippen LogP contribution in [0.1, 0.15) is 17.4 Å². The highest BCUT2D eigenvalue weighted by Crippen LogP contribution is 2.29. The van der Waals surface area contributed by atoms with Gasteiger partial charge >= 0.3 is 0 Å². The molecule has 21 heavy (non-hydrogen) atoms. The molecule has 0 bridgehead atoms. The Kier molecular flexibility index (Phi) is 5.39. The third-order valence-corrected chi connectivity index (χ3v) is 4.25. The predicted octanol–water partition coefficient (Wildman–Crippen LogP) is 2.32. The van der Waals surface area contributed by atoms with Gasteiger partial charge in [-0.1, -0.05) is 6.07 Å². The van der Waals surface area contributed by atoms with Crippen molar-refractivity contribution in [3.05, 3.63) is 46.5 Å². The van der Waals surface area contributed by atoms with Crippen LogP contribution in [0, 0.1) is 0 Å². The van der Waals surface area contributed by atoms with Gasteiger partial charge in [-0.2, -0.15) is 0 Å². The zero-order chi connectivity index (χ0) is 15.4. The number of benzene rings is 1. The van der Waals surface area contributed by atoms with E-state index in [0.717, 1.165) is 28.2 Å². The van der Waals surface area contributed by atoms with Gasteiger partial charge in [0.15, 0.2) is 0 Å². The minimum Gasteiger partial charge on any atom is -0.496 e. The maximum Gasteiger partial charge on any atom is 0.133 e. The van der Waals surface area contributed by atoms with Crippen LogP contribution in [-0.4, -0.2) is 35.2 Å². The summed E-state index contributed by atoms with van der Waals surface area (Å²) in [5.41, 5.74) is 7.13. The number of aryl methyl sites for hydroxylation is 1. The Labute approximate surface area is 133 Å². The first-order valence-corrected chi connectivity index (χ1v) is 7.56. The normalized spacial score (nSPS) is 12.7. The largest absolute Gasteiger partial charge is 0.496 e. The molecule has 114 valence electrons. The van der Waals surface area contributed by atoms with Crippen LogP contribution in [0.25, 0.3) is 0 Å². The molecule has 2 aromatic rings. The number of aromatic nitrogens is 2. The van der Waals surface area contributed by atoms with E-state index in [4.69, 9.17) is 10.5 Å². The van der Waals surface area contributed by atoms with Crippen molar-refractivity contribution < 1.29 is 4.74 Å². The van der Waals surface area contributed by atoms with Crippen LogP contribution in [0.2, 0.25) is 0 Å². The molecular weight excluding hydrogens is 332 g/mol. The number of hydrogen-bond acceptors (Lipinski definition) is 4. The molecule has 2 N–H and O–H groups in total. The van der Waals surface area contributed by atoms with Crippen molar-refractivity contribution in [2.75, 3.05) is 20.7 Å². The van der Waals surface area contributed by atoms with Crippen molar-refractivity contribution in [1.29, 1.82) is 0 Å². The summed E-state index contributed by atoms with van der Waals surface area (Å²) in [6, 6.07) is 6.20. The van der Waals surface area contributed by atoms with Crippen molar-refractivity contribution in [3.8, 4) is 5.75 Å². The third-order valence-electron chi connectivity index (χ3n) is 3.63. The highest BCUT2D eigenvalue weighted by atomic mass is 79.9. The van der Waals surface area contributed by atoms with Crippen LogP contribution in [0.5, 0.6) is 5.75 Å². The first-order chi connectivity index (χ1) is 10.1. The van der Waals surface area contributed by atoms with Crippen LogP contribution in [-0.2, 0) is 13.6 Å². The Hall–Kier alpha value is -1.37. The smallest absolute Gasteiger partial charge is 0.133 e. The molecule has 0 aliphatic rings. The van der Waals surface area contributed by atoms with Gasteiger partial charge in [0.2, 0.25) is 0 Å². The summed E-state index contributed by atoms with van der Waals surface area (Å²) >= 11 is 3.53. The van der Waals surface area contributed by atoms with Crippen molar-refractivity contribution >= 4 is 15.9 Å². The van der Waals surface area contributed by atoms with Crippen LogP contribution in [0.3, 0.4) is 0 Å². The first kappa shape index (κ1) is 16.0. The quantitative estimate of drug-likeness (QED) is 0.866. The van der Waals surface area contributed by atoms with E-state index in [1.807, 2.05) is 30.1 Å². The zero-order valence-electron chi connectivity index (χ0n) is 12.6. The van der Waals surface area contributed by atoms with E-state index in [1.165, 1.54) is 0 Å². The lowest BCUT2D eigenvalue weighted by Crippen LogP contribution is -2.31. The third kappa shape index (κ3) is 3.64. The fourth-order valence-electron chi connectivity index (χ4n) is 2.34. The second-order valence-corrected chi connectivity index (χ2v) is 5.87. The fourth-order valence-corrected chi connectivity index (χ4v) is 2.90. The number of nitrogens with zero attached hydrogens (tertiary/aromatic N) is 3. The number of imidazole rings is 1. The standard InChI is InChI=1S/C15H21BrN4O/c1-19-7-6-18-15(19)10-20(2)13(9-17)11-4-5-14(21-3)12(16)8-11/h4-8,13H,9-10,17H2,1-3H3. The maximum absolute atomic E-state index is 5.98. The van der Waals surface area contributed by atoms with Crippen LogP contribution >= 0.6 is 15.9 Å².